The van der Waals surface area contributed by atoms with E-state index >= 15 is 0 Å². The van der Waals surface area contributed by atoms with Crippen molar-refractivity contribution in [3.05, 3.63) is 35.6 Å². The molecule has 1 rings (SSSR count). The molecule has 0 spiro atoms. The summed E-state index contributed by atoms with van der Waals surface area (Å²) in [5, 5.41) is 3.20. The van der Waals surface area contributed by atoms with Crippen molar-refractivity contribution >= 4 is 13.7 Å². The van der Waals surface area contributed by atoms with Crippen LogP contribution in [0.15, 0.2) is 29.4 Å². The summed E-state index contributed by atoms with van der Waals surface area (Å²) in [5.74, 6) is -1.35. The van der Waals surface area contributed by atoms with Crippen molar-refractivity contribution in [3.8, 4) is 0 Å². The van der Waals surface area contributed by atoms with Crippen molar-refractivity contribution in [1.29, 1.82) is 0 Å². The Bertz CT molecular complexity index is 444. The van der Waals surface area contributed by atoms with Gasteiger partial charge in [0.05, 0.1) is 5.56 Å². The second-order valence-electron chi connectivity index (χ2n) is 2.64. The molecule has 0 amide bonds. The third kappa shape index (κ3) is 3.62. The van der Waals surface area contributed by atoms with E-state index in [-0.39, 0.29) is 5.56 Å². The summed E-state index contributed by atoms with van der Waals surface area (Å²) < 4.78 is 28.1. The van der Waals surface area contributed by atoms with Crippen LogP contribution in [0.25, 0.3) is 0 Å². The predicted octanol–water partition coefficient (Wildman–Crippen LogP) is 1.24. The Morgan fingerprint density at radius 1 is 1.44 bits per heavy atom. The molecule has 2 N–H and O–H groups in total. The first-order valence-electron chi connectivity index (χ1n) is 4.05. The summed E-state index contributed by atoms with van der Waals surface area (Å²) in [6.45, 7) is 0. The Morgan fingerprint density at radius 3 is 2.56 bits per heavy atom. The van der Waals surface area contributed by atoms with Crippen LogP contribution in [0, 0.1) is 5.82 Å². The van der Waals surface area contributed by atoms with Crippen molar-refractivity contribution in [1.82, 2.24) is 0 Å². The molecule has 6 nitrogen and oxygen atoms in total. The zero-order chi connectivity index (χ0) is 12.2. The summed E-state index contributed by atoms with van der Waals surface area (Å²) in [6.07, 6.45) is 0. The highest BCUT2D eigenvalue weighted by atomic mass is 31.2. The van der Waals surface area contributed by atoms with E-state index in [0.29, 0.717) is 0 Å². The molecule has 16 heavy (non-hydrogen) atoms. The van der Waals surface area contributed by atoms with Crippen LogP contribution in [0.2, 0.25) is 0 Å². The van der Waals surface area contributed by atoms with Gasteiger partial charge in [0.2, 0.25) is 0 Å². The van der Waals surface area contributed by atoms with E-state index in [1.165, 1.54) is 18.2 Å². The number of benzene rings is 1. The van der Waals surface area contributed by atoms with Gasteiger partial charge < -0.3 is 9.36 Å². The number of phosphoric acid groups is 1. The van der Waals surface area contributed by atoms with Gasteiger partial charge in [0.15, 0.2) is 0 Å². The molecule has 0 aliphatic heterocycles. The van der Waals surface area contributed by atoms with Gasteiger partial charge in [-0.3, -0.25) is 9.79 Å². The maximum Gasteiger partial charge on any atom is 0.526 e. The minimum atomic E-state index is -4.81. The van der Waals surface area contributed by atoms with E-state index in [1.807, 2.05) is 0 Å². The Hall–Kier alpha value is -1.43. The first-order valence-corrected chi connectivity index (χ1v) is 5.58. The lowest BCUT2D eigenvalue weighted by atomic mass is 10.2. The first kappa shape index (κ1) is 12.6. The molecule has 0 unspecified atom stereocenters. The number of rotatable bonds is 3. The highest BCUT2D eigenvalue weighted by Gasteiger charge is 2.22. The molecule has 0 atom stereocenters. The van der Waals surface area contributed by atoms with Crippen LogP contribution in [0.5, 0.6) is 0 Å². The second kappa shape index (κ2) is 5.07. The number of nitrogens with zero attached hydrogens (tertiary/aromatic N) is 1. The van der Waals surface area contributed by atoms with Gasteiger partial charge >= 0.3 is 7.82 Å². The van der Waals surface area contributed by atoms with Crippen LogP contribution in [0.3, 0.4) is 0 Å². The topological polar surface area (TPSA) is 88.4 Å². The second-order valence-corrected chi connectivity index (χ2v) is 3.80. The zero-order valence-corrected chi connectivity index (χ0v) is 9.10. The summed E-state index contributed by atoms with van der Waals surface area (Å²) in [4.78, 5) is 21.5. The largest absolute Gasteiger partial charge is 0.526 e. The van der Waals surface area contributed by atoms with Crippen LogP contribution in [-0.2, 0) is 13.9 Å². The lowest BCUT2D eigenvalue weighted by Gasteiger charge is -2.09. The van der Waals surface area contributed by atoms with Crippen molar-refractivity contribution in [3.63, 3.8) is 0 Å². The number of phosphoric ester groups is 1. The van der Waals surface area contributed by atoms with Gasteiger partial charge in [-0.1, -0.05) is 12.1 Å². The maximum absolute atomic E-state index is 13.3. The van der Waals surface area contributed by atoms with Crippen molar-refractivity contribution in [2.24, 2.45) is 5.16 Å². The van der Waals surface area contributed by atoms with Gasteiger partial charge in [0, 0.05) is 0 Å². The van der Waals surface area contributed by atoms with Gasteiger partial charge in [0.25, 0.3) is 5.90 Å². The highest BCUT2D eigenvalue weighted by Crippen LogP contribution is 2.37. The van der Waals surface area contributed by atoms with Crippen LogP contribution in [0.1, 0.15) is 5.56 Å². The van der Waals surface area contributed by atoms with E-state index < -0.39 is 19.5 Å². The lowest BCUT2D eigenvalue weighted by Crippen LogP contribution is -2.08. The van der Waals surface area contributed by atoms with Gasteiger partial charge in [-0.05, 0) is 17.3 Å². The number of hydrogen-bond acceptors (Lipinski definition) is 4. The third-order valence-corrected chi connectivity index (χ3v) is 1.89. The number of halogens is 1. The predicted molar refractivity (Wildman–Crippen MR) is 53.1 cm³/mol. The average molecular weight is 249 g/mol. The molecule has 0 aliphatic carbocycles. The normalized spacial score (nSPS) is 12.4. The molecule has 0 radical (unpaired) electrons. The van der Waals surface area contributed by atoms with E-state index in [0.717, 1.165) is 13.2 Å². The SMILES string of the molecule is CON=C(OP(=O)(O)O)c1ccccc1F. The van der Waals surface area contributed by atoms with E-state index in [4.69, 9.17) is 9.79 Å². The minimum absolute atomic E-state index is 0.201. The average Bonchev–Trinajstić information content (AvgIpc) is 2.16. The molecule has 8 heteroatoms. The van der Waals surface area contributed by atoms with E-state index in [2.05, 4.69) is 14.5 Å². The molecule has 0 heterocycles. The molecular weight excluding hydrogens is 240 g/mol. The molecular formula is C8H9FNO5P. The molecule has 0 bridgehead atoms. The standard InChI is InChI=1S/C8H9FNO5P/c1-14-10-8(15-16(11,12)13)6-4-2-3-5-7(6)9/h2-5H,1H3,(H2,11,12,13). The summed E-state index contributed by atoms with van der Waals surface area (Å²) in [6, 6.07) is 5.24. The molecule has 0 saturated heterocycles. The van der Waals surface area contributed by atoms with Crippen LogP contribution < -0.4 is 0 Å². The third-order valence-electron chi connectivity index (χ3n) is 1.48. The number of hydrogen-bond donors (Lipinski definition) is 2. The zero-order valence-electron chi connectivity index (χ0n) is 8.20. The lowest BCUT2D eigenvalue weighted by molar-refractivity contribution is 0.199. The molecule has 0 saturated carbocycles. The Labute approximate surface area is 90.5 Å². The smallest absolute Gasteiger partial charge is 0.396 e. The summed E-state index contributed by atoms with van der Waals surface area (Å²) in [7, 11) is -3.67. The molecule has 0 aromatic heterocycles. The first-order chi connectivity index (χ1) is 7.44. The van der Waals surface area contributed by atoms with Gasteiger partial charge in [-0.25, -0.2) is 8.96 Å². The van der Waals surface area contributed by atoms with Crippen molar-refractivity contribution in [2.75, 3.05) is 7.11 Å². The van der Waals surface area contributed by atoms with Crippen molar-refractivity contribution < 1.29 is 28.1 Å². The number of oxime groups is 1. The molecule has 0 aliphatic rings. The Balaban J connectivity index is 3.10. The molecule has 88 valence electrons. The van der Waals surface area contributed by atoms with Crippen LogP contribution in [-0.4, -0.2) is 22.8 Å². The van der Waals surface area contributed by atoms with Gasteiger partial charge in [-0.15, -0.1) is 0 Å². The molecule has 1 aromatic rings. The fourth-order valence-electron chi connectivity index (χ4n) is 0.945. The maximum atomic E-state index is 13.3. The summed E-state index contributed by atoms with van der Waals surface area (Å²) in [5.41, 5.74) is -0.201. The minimum Gasteiger partial charge on any atom is -0.396 e. The Morgan fingerprint density at radius 2 is 2.06 bits per heavy atom. The monoisotopic (exact) mass is 249 g/mol. The molecule has 1 aromatic carbocycles. The summed E-state index contributed by atoms with van der Waals surface area (Å²) >= 11 is 0. The molecule has 0 fully saturated rings. The van der Waals surface area contributed by atoms with Crippen LogP contribution >= 0.6 is 7.82 Å². The quantitative estimate of drug-likeness (QED) is 0.364. The van der Waals surface area contributed by atoms with Gasteiger partial charge in [-0.2, -0.15) is 0 Å². The van der Waals surface area contributed by atoms with Crippen LogP contribution in [0.4, 0.5) is 4.39 Å². The van der Waals surface area contributed by atoms with Gasteiger partial charge in [0.1, 0.15) is 12.9 Å². The highest BCUT2D eigenvalue weighted by molar-refractivity contribution is 7.47. The van der Waals surface area contributed by atoms with E-state index in [9.17, 15) is 8.96 Å². The van der Waals surface area contributed by atoms with Crippen molar-refractivity contribution in [2.45, 2.75) is 0 Å². The van der Waals surface area contributed by atoms with E-state index in [1.54, 1.807) is 0 Å². The Kier molecular flexibility index (Phi) is 4.00. The fourth-order valence-corrected chi connectivity index (χ4v) is 1.30. The fraction of sp³-hybridized carbons (Fsp3) is 0.125.